The van der Waals surface area contributed by atoms with Crippen LogP contribution in [0, 0.1) is 0 Å². The second-order valence-electron chi connectivity index (χ2n) is 7.83. The molecule has 0 spiro atoms. The highest BCUT2D eigenvalue weighted by Gasteiger charge is 2.53. The lowest BCUT2D eigenvalue weighted by atomic mass is 9.97. The summed E-state index contributed by atoms with van der Waals surface area (Å²) in [6, 6.07) is 0. The van der Waals surface area contributed by atoms with Gasteiger partial charge >= 0.3 is 0 Å². The predicted molar refractivity (Wildman–Crippen MR) is 93.8 cm³/mol. The molecule has 3 fully saturated rings. The van der Waals surface area contributed by atoms with Gasteiger partial charge in [0.1, 0.15) is 61.0 Å². The average Bonchev–Trinajstić information content (AvgIpc) is 3.02. The summed E-state index contributed by atoms with van der Waals surface area (Å²) in [5.74, 6) is 0. The lowest BCUT2D eigenvalue weighted by molar-refractivity contribution is -0.369. The second-order valence-corrected chi connectivity index (χ2v) is 7.83. The lowest BCUT2D eigenvalue weighted by Crippen LogP contribution is -2.64. The van der Waals surface area contributed by atoms with Gasteiger partial charge in [-0.05, 0) is 6.92 Å². The zero-order chi connectivity index (χ0) is 23.0. The summed E-state index contributed by atoms with van der Waals surface area (Å²) in [6.07, 6.45) is -20.9. The Labute approximate surface area is 176 Å². The van der Waals surface area contributed by atoms with Crippen LogP contribution in [0.25, 0.3) is 0 Å². The van der Waals surface area contributed by atoms with Crippen molar-refractivity contribution in [3.05, 3.63) is 0 Å². The van der Waals surface area contributed by atoms with Gasteiger partial charge in [-0.2, -0.15) is 0 Å². The Bertz CT molecular complexity index is 579. The Balaban J connectivity index is 1.79. The smallest absolute Gasteiger partial charge is 0.187 e. The van der Waals surface area contributed by atoms with Gasteiger partial charge in [-0.15, -0.1) is 0 Å². The van der Waals surface area contributed by atoms with Crippen LogP contribution >= 0.6 is 0 Å². The molecule has 14 nitrogen and oxygen atoms in total. The molecule has 14 heteroatoms. The van der Waals surface area contributed by atoms with Gasteiger partial charge < -0.3 is 69.6 Å². The summed E-state index contributed by atoms with van der Waals surface area (Å²) in [5, 5.41) is 89.1. The van der Waals surface area contributed by atoms with Crippen LogP contribution in [0.1, 0.15) is 6.92 Å². The van der Waals surface area contributed by atoms with E-state index in [0.29, 0.717) is 0 Å². The van der Waals surface area contributed by atoms with Crippen molar-refractivity contribution in [3.63, 3.8) is 0 Å². The summed E-state index contributed by atoms with van der Waals surface area (Å²) in [7, 11) is 0. The molecule has 182 valence electrons. The molecular formula is C17H30O14. The van der Waals surface area contributed by atoms with E-state index in [1.165, 1.54) is 6.92 Å². The normalized spacial score (nSPS) is 53.6. The molecule has 0 saturated carbocycles. The number of aliphatic hydroxyl groups excluding tert-OH is 9. The number of ether oxygens (including phenoxy) is 5. The number of rotatable bonds is 6. The molecule has 14 atom stereocenters. The molecule has 0 unspecified atom stereocenters. The van der Waals surface area contributed by atoms with Crippen molar-refractivity contribution in [1.82, 2.24) is 0 Å². The quantitative estimate of drug-likeness (QED) is 0.181. The Hall–Kier alpha value is -0.560. The minimum absolute atomic E-state index is 0.620. The average molecular weight is 458 g/mol. The summed E-state index contributed by atoms with van der Waals surface area (Å²) in [4.78, 5) is 0. The third-order valence-electron chi connectivity index (χ3n) is 5.70. The molecule has 3 saturated heterocycles. The van der Waals surface area contributed by atoms with Crippen molar-refractivity contribution in [3.8, 4) is 0 Å². The topological polar surface area (TPSA) is 228 Å². The molecule has 0 radical (unpaired) electrons. The molecule has 0 amide bonds. The highest BCUT2D eigenvalue weighted by molar-refractivity contribution is 4.95. The minimum Gasteiger partial charge on any atom is -0.394 e. The first-order chi connectivity index (χ1) is 14.6. The van der Waals surface area contributed by atoms with Crippen LogP contribution in [0.4, 0.5) is 0 Å². The van der Waals surface area contributed by atoms with E-state index < -0.39 is 99.2 Å². The van der Waals surface area contributed by atoms with Crippen molar-refractivity contribution >= 4 is 0 Å². The van der Waals surface area contributed by atoms with Crippen molar-refractivity contribution in [1.29, 1.82) is 0 Å². The highest BCUT2D eigenvalue weighted by Crippen LogP contribution is 2.32. The van der Waals surface area contributed by atoms with Gasteiger partial charge in [0.2, 0.25) is 0 Å². The number of hydrogen-bond donors (Lipinski definition) is 9. The molecule has 3 aliphatic rings. The van der Waals surface area contributed by atoms with Crippen LogP contribution in [0.2, 0.25) is 0 Å². The lowest BCUT2D eigenvalue weighted by Gasteiger charge is -2.46. The van der Waals surface area contributed by atoms with Gasteiger partial charge in [-0.25, -0.2) is 0 Å². The molecule has 0 aliphatic carbocycles. The summed E-state index contributed by atoms with van der Waals surface area (Å²) < 4.78 is 26.9. The second kappa shape index (κ2) is 10.1. The molecule has 0 aromatic carbocycles. The number of aliphatic hydroxyl groups is 9. The van der Waals surface area contributed by atoms with Gasteiger partial charge in [-0.1, -0.05) is 0 Å². The predicted octanol–water partition coefficient (Wildman–Crippen LogP) is -5.91. The minimum atomic E-state index is -1.78. The Morgan fingerprint density at radius 1 is 0.581 bits per heavy atom. The van der Waals surface area contributed by atoms with Crippen LogP contribution < -0.4 is 0 Å². The van der Waals surface area contributed by atoms with E-state index in [0.717, 1.165) is 0 Å². The zero-order valence-corrected chi connectivity index (χ0v) is 16.6. The standard InChI is InChI=1S/C17H30O14/c1-4-7(20)9(22)14(31-16-12(25)8(21)5(2-18)29-16)17(27-4)30-13-6(3-19)28-15(26)11(24)10(13)23/h4-26H,2-3H2,1H3/t4-,5+,6+,7-,8+,9+,10+,11+,12-,13+,14+,15+,16-,17-/m0/s1. The van der Waals surface area contributed by atoms with E-state index in [9.17, 15) is 46.0 Å². The van der Waals surface area contributed by atoms with Gasteiger partial charge in [-0.3, -0.25) is 0 Å². The summed E-state index contributed by atoms with van der Waals surface area (Å²) in [6.45, 7) is 0.0908. The van der Waals surface area contributed by atoms with E-state index in [1.54, 1.807) is 0 Å². The molecule has 3 rings (SSSR count). The third-order valence-corrected chi connectivity index (χ3v) is 5.70. The maximum absolute atomic E-state index is 10.5. The first kappa shape index (κ1) is 25.1. The maximum atomic E-state index is 10.5. The summed E-state index contributed by atoms with van der Waals surface area (Å²) >= 11 is 0. The maximum Gasteiger partial charge on any atom is 0.187 e. The molecule has 9 N–H and O–H groups in total. The molecule has 3 heterocycles. The Morgan fingerprint density at radius 2 is 1.16 bits per heavy atom. The molecule has 0 aromatic rings. The first-order valence-electron chi connectivity index (χ1n) is 9.86. The molecule has 31 heavy (non-hydrogen) atoms. The van der Waals surface area contributed by atoms with Gasteiger partial charge in [0, 0.05) is 0 Å². The third kappa shape index (κ3) is 4.87. The van der Waals surface area contributed by atoms with Crippen molar-refractivity contribution in [2.45, 2.75) is 92.9 Å². The SMILES string of the molecule is C[C@@H]1O[C@@H](O[C@H]2[C@H](O)[C@@H](O)[C@H](O)O[C@@H]2CO)[C@H](O[C@@H]2O[C@H](CO)[C@@H](O)[C@@H]2O)[C@H](O)[C@H]1O. The summed E-state index contributed by atoms with van der Waals surface area (Å²) in [5.41, 5.74) is 0. The van der Waals surface area contributed by atoms with E-state index in [1.807, 2.05) is 0 Å². The van der Waals surface area contributed by atoms with E-state index in [-0.39, 0.29) is 0 Å². The van der Waals surface area contributed by atoms with Crippen molar-refractivity contribution < 1.29 is 69.6 Å². The molecule has 3 aliphatic heterocycles. The Kier molecular flexibility index (Phi) is 8.21. The van der Waals surface area contributed by atoms with Gasteiger partial charge in [0.05, 0.1) is 19.3 Å². The van der Waals surface area contributed by atoms with Crippen molar-refractivity contribution in [2.75, 3.05) is 13.2 Å². The number of hydrogen-bond acceptors (Lipinski definition) is 14. The van der Waals surface area contributed by atoms with E-state index >= 15 is 0 Å². The largest absolute Gasteiger partial charge is 0.394 e. The fourth-order valence-electron chi connectivity index (χ4n) is 3.78. The Morgan fingerprint density at radius 3 is 1.74 bits per heavy atom. The molecule has 0 aromatic heterocycles. The zero-order valence-electron chi connectivity index (χ0n) is 16.6. The highest BCUT2D eigenvalue weighted by atomic mass is 16.8. The molecule has 0 bridgehead atoms. The van der Waals surface area contributed by atoms with E-state index in [4.69, 9.17) is 23.7 Å². The van der Waals surface area contributed by atoms with Gasteiger partial charge in [0.15, 0.2) is 18.9 Å². The van der Waals surface area contributed by atoms with Crippen LogP contribution in [-0.4, -0.2) is 145 Å². The monoisotopic (exact) mass is 458 g/mol. The van der Waals surface area contributed by atoms with Crippen LogP contribution in [0.15, 0.2) is 0 Å². The van der Waals surface area contributed by atoms with Gasteiger partial charge in [0.25, 0.3) is 0 Å². The fraction of sp³-hybridized carbons (Fsp3) is 1.00. The first-order valence-corrected chi connectivity index (χ1v) is 9.86. The van der Waals surface area contributed by atoms with Crippen LogP contribution in [0.3, 0.4) is 0 Å². The van der Waals surface area contributed by atoms with Crippen molar-refractivity contribution in [2.24, 2.45) is 0 Å². The fourth-order valence-corrected chi connectivity index (χ4v) is 3.78. The van der Waals surface area contributed by atoms with Crippen LogP contribution in [-0.2, 0) is 23.7 Å². The van der Waals surface area contributed by atoms with E-state index in [2.05, 4.69) is 0 Å². The molecular weight excluding hydrogens is 428 g/mol. The van der Waals surface area contributed by atoms with Crippen LogP contribution in [0.5, 0.6) is 0 Å².